The van der Waals surface area contributed by atoms with Crippen molar-refractivity contribution in [2.24, 2.45) is 5.92 Å². The molecule has 1 rings (SSSR count). The van der Waals surface area contributed by atoms with Gasteiger partial charge in [0.1, 0.15) is 0 Å². The van der Waals surface area contributed by atoms with E-state index in [2.05, 4.69) is 56.9 Å². The lowest BCUT2D eigenvalue weighted by atomic mass is 10.0. The molecule has 0 aliphatic heterocycles. The minimum absolute atomic E-state index is 0.796. The van der Waals surface area contributed by atoms with Crippen LogP contribution >= 0.6 is 0 Å². The number of hydrogen-bond acceptors (Lipinski definition) is 0. The zero-order chi connectivity index (χ0) is 13.9. The van der Waals surface area contributed by atoms with Gasteiger partial charge in [-0.25, -0.2) is 0 Å². The van der Waals surface area contributed by atoms with Gasteiger partial charge in [-0.05, 0) is 42.9 Å². The predicted molar refractivity (Wildman–Crippen MR) is 85.2 cm³/mol. The number of benzene rings is 1. The van der Waals surface area contributed by atoms with Crippen LogP contribution in [0.15, 0.2) is 24.3 Å². The molecule has 0 aliphatic carbocycles. The van der Waals surface area contributed by atoms with Crippen molar-refractivity contribution in [3.63, 3.8) is 0 Å². The first-order valence-electron chi connectivity index (χ1n) is 7.80. The van der Waals surface area contributed by atoms with Gasteiger partial charge in [0, 0.05) is 12.0 Å². The summed E-state index contributed by atoms with van der Waals surface area (Å²) >= 11 is 0. The summed E-state index contributed by atoms with van der Waals surface area (Å²) in [6, 6.07) is 8.79. The lowest BCUT2D eigenvalue weighted by molar-refractivity contribution is 0.563. The van der Waals surface area contributed by atoms with Crippen LogP contribution in [-0.4, -0.2) is 0 Å². The number of unbranched alkanes of at least 4 members (excludes halogenated alkanes) is 3. The highest BCUT2D eigenvalue weighted by molar-refractivity contribution is 5.36. The van der Waals surface area contributed by atoms with E-state index in [0.717, 1.165) is 17.9 Å². The molecule has 0 saturated carbocycles. The van der Waals surface area contributed by atoms with E-state index in [0.29, 0.717) is 0 Å². The van der Waals surface area contributed by atoms with E-state index in [1.807, 2.05) is 0 Å². The number of aryl methyl sites for hydroxylation is 1. The van der Waals surface area contributed by atoms with E-state index in [-0.39, 0.29) is 0 Å². The first-order chi connectivity index (χ1) is 9.22. The molecule has 0 nitrogen and oxygen atoms in total. The van der Waals surface area contributed by atoms with Gasteiger partial charge in [0.2, 0.25) is 0 Å². The molecule has 0 radical (unpaired) electrons. The van der Waals surface area contributed by atoms with Crippen molar-refractivity contribution in [2.75, 3.05) is 0 Å². The third kappa shape index (κ3) is 7.73. The van der Waals surface area contributed by atoms with Gasteiger partial charge in [0.25, 0.3) is 0 Å². The summed E-state index contributed by atoms with van der Waals surface area (Å²) < 4.78 is 0. The monoisotopic (exact) mass is 256 g/mol. The highest BCUT2D eigenvalue weighted by Crippen LogP contribution is 2.09. The number of rotatable bonds is 7. The van der Waals surface area contributed by atoms with Crippen LogP contribution in [0.3, 0.4) is 0 Å². The Kier molecular flexibility index (Phi) is 8.07. The maximum atomic E-state index is 3.28. The Morgan fingerprint density at radius 1 is 1.00 bits per heavy atom. The molecular formula is C19H28. The van der Waals surface area contributed by atoms with Gasteiger partial charge in [-0.15, -0.1) is 0 Å². The average molecular weight is 256 g/mol. The second-order valence-electron chi connectivity index (χ2n) is 5.74. The van der Waals surface area contributed by atoms with E-state index >= 15 is 0 Å². The fourth-order valence-electron chi connectivity index (χ4n) is 2.10. The molecular weight excluding hydrogens is 228 g/mol. The fraction of sp³-hybridized carbons (Fsp3) is 0.579. The molecule has 0 aliphatic rings. The molecule has 1 aromatic carbocycles. The van der Waals surface area contributed by atoms with Crippen LogP contribution in [0.25, 0.3) is 0 Å². The maximum absolute atomic E-state index is 3.28. The largest absolute Gasteiger partial charge is 0.0979 e. The average Bonchev–Trinajstić information content (AvgIpc) is 2.40. The minimum Gasteiger partial charge on any atom is -0.0979 e. The zero-order valence-electron chi connectivity index (χ0n) is 12.8. The van der Waals surface area contributed by atoms with Crippen molar-refractivity contribution in [3.05, 3.63) is 35.4 Å². The molecule has 0 heterocycles. The van der Waals surface area contributed by atoms with Crippen molar-refractivity contribution in [3.8, 4) is 11.8 Å². The van der Waals surface area contributed by atoms with Gasteiger partial charge in [-0.3, -0.25) is 0 Å². The SMILES string of the molecule is CCCCCc1ccc(C#CCCCC(C)C)cc1. The summed E-state index contributed by atoms with van der Waals surface area (Å²) in [6.45, 7) is 6.79. The number of hydrogen-bond donors (Lipinski definition) is 0. The van der Waals surface area contributed by atoms with Gasteiger partial charge >= 0.3 is 0 Å². The summed E-state index contributed by atoms with van der Waals surface area (Å²) in [5, 5.41) is 0. The topological polar surface area (TPSA) is 0 Å². The summed E-state index contributed by atoms with van der Waals surface area (Å²) in [5.41, 5.74) is 2.60. The van der Waals surface area contributed by atoms with Crippen LogP contribution in [0.1, 0.15) is 70.4 Å². The molecule has 0 N–H and O–H groups in total. The van der Waals surface area contributed by atoms with Crippen molar-refractivity contribution in [2.45, 2.75) is 65.7 Å². The second kappa shape index (κ2) is 9.68. The standard InChI is InChI=1S/C19H28/c1-4-5-7-11-18-13-15-19(16-14-18)12-9-6-8-10-17(2)3/h13-17H,4-8,10-11H2,1-3H3. The molecule has 0 unspecified atom stereocenters. The smallest absolute Gasteiger partial charge is 0.0245 e. The summed E-state index contributed by atoms with van der Waals surface area (Å²) in [5.74, 6) is 7.34. The summed E-state index contributed by atoms with van der Waals surface area (Å²) in [6.07, 6.45) is 8.66. The molecule has 1 aromatic rings. The van der Waals surface area contributed by atoms with Gasteiger partial charge < -0.3 is 0 Å². The van der Waals surface area contributed by atoms with E-state index in [9.17, 15) is 0 Å². The summed E-state index contributed by atoms with van der Waals surface area (Å²) in [4.78, 5) is 0. The lowest BCUT2D eigenvalue weighted by Gasteiger charge is -2.00. The quantitative estimate of drug-likeness (QED) is 0.440. The van der Waals surface area contributed by atoms with Crippen molar-refractivity contribution < 1.29 is 0 Å². The third-order valence-corrected chi connectivity index (χ3v) is 3.34. The van der Waals surface area contributed by atoms with Crippen LogP contribution in [0.5, 0.6) is 0 Å². The molecule has 0 aromatic heterocycles. The van der Waals surface area contributed by atoms with Crippen LogP contribution < -0.4 is 0 Å². The molecule has 0 fully saturated rings. The molecule has 0 spiro atoms. The van der Waals surface area contributed by atoms with Gasteiger partial charge in [0.05, 0.1) is 0 Å². The molecule has 0 heteroatoms. The lowest BCUT2D eigenvalue weighted by Crippen LogP contribution is -1.86. The van der Waals surface area contributed by atoms with Crippen molar-refractivity contribution in [1.82, 2.24) is 0 Å². The molecule has 19 heavy (non-hydrogen) atoms. The highest BCUT2D eigenvalue weighted by Gasteiger charge is 1.94. The molecule has 0 saturated heterocycles. The first-order valence-corrected chi connectivity index (χ1v) is 7.80. The van der Waals surface area contributed by atoms with Crippen molar-refractivity contribution in [1.29, 1.82) is 0 Å². The van der Waals surface area contributed by atoms with E-state index < -0.39 is 0 Å². The molecule has 0 bridgehead atoms. The Hall–Kier alpha value is -1.22. The third-order valence-electron chi connectivity index (χ3n) is 3.34. The highest BCUT2D eigenvalue weighted by atomic mass is 14.0. The fourth-order valence-corrected chi connectivity index (χ4v) is 2.10. The van der Waals surface area contributed by atoms with Crippen LogP contribution in [0, 0.1) is 17.8 Å². The minimum atomic E-state index is 0.796. The van der Waals surface area contributed by atoms with Crippen LogP contribution in [-0.2, 0) is 6.42 Å². The second-order valence-corrected chi connectivity index (χ2v) is 5.74. The summed E-state index contributed by atoms with van der Waals surface area (Å²) in [7, 11) is 0. The zero-order valence-corrected chi connectivity index (χ0v) is 12.8. The van der Waals surface area contributed by atoms with Crippen LogP contribution in [0.4, 0.5) is 0 Å². The van der Waals surface area contributed by atoms with Gasteiger partial charge in [-0.1, -0.05) is 64.0 Å². The Balaban J connectivity index is 2.33. The molecule has 0 atom stereocenters. The molecule has 0 amide bonds. The Morgan fingerprint density at radius 3 is 2.37 bits per heavy atom. The first kappa shape index (κ1) is 15.8. The van der Waals surface area contributed by atoms with Gasteiger partial charge in [-0.2, -0.15) is 0 Å². The molecule has 104 valence electrons. The van der Waals surface area contributed by atoms with Crippen LogP contribution in [0.2, 0.25) is 0 Å². The predicted octanol–water partition coefficient (Wildman–Crippen LogP) is 5.60. The van der Waals surface area contributed by atoms with E-state index in [1.165, 1.54) is 44.1 Å². The normalized spacial score (nSPS) is 10.3. The van der Waals surface area contributed by atoms with Gasteiger partial charge in [0.15, 0.2) is 0 Å². The van der Waals surface area contributed by atoms with E-state index in [4.69, 9.17) is 0 Å². The van der Waals surface area contributed by atoms with Crippen molar-refractivity contribution >= 4 is 0 Å². The van der Waals surface area contributed by atoms with E-state index in [1.54, 1.807) is 0 Å². The Morgan fingerprint density at radius 2 is 1.74 bits per heavy atom. The maximum Gasteiger partial charge on any atom is 0.0245 e. The Labute approximate surface area is 119 Å². The Bertz CT molecular complexity index is 386.